The summed E-state index contributed by atoms with van der Waals surface area (Å²) in [7, 11) is -3.40. The predicted octanol–water partition coefficient (Wildman–Crippen LogP) is 1.29. The summed E-state index contributed by atoms with van der Waals surface area (Å²) in [5.41, 5.74) is 5.57. The number of anilines is 1. The zero-order chi connectivity index (χ0) is 13.6. The summed E-state index contributed by atoms with van der Waals surface area (Å²) in [4.78, 5) is 0. The summed E-state index contributed by atoms with van der Waals surface area (Å²) < 4.78 is 38.8. The van der Waals surface area contributed by atoms with Gasteiger partial charge in [0.1, 0.15) is 5.82 Å². The normalized spacial score (nSPS) is 10.6. The number of hydrogen-bond acceptors (Lipinski definition) is 3. The predicted molar refractivity (Wildman–Crippen MR) is 70.0 cm³/mol. The fraction of sp³-hybridized carbons (Fsp3) is 0.333. The first-order valence-corrected chi connectivity index (χ1v) is 7.12. The van der Waals surface area contributed by atoms with Crippen molar-refractivity contribution >= 4 is 15.7 Å². The highest BCUT2D eigenvalue weighted by molar-refractivity contribution is 7.92. The highest BCUT2D eigenvalue weighted by Crippen LogP contribution is 2.15. The standard InChI is InChI=1S/C12H15FN2O2S/c1-2-8-18(16,17)15-11-6-5-10(4-3-7-14)12(13)9-11/h5-6,9,15H,2,7-8,14H2,1H3. The quantitative estimate of drug-likeness (QED) is 0.810. The van der Waals surface area contributed by atoms with E-state index in [2.05, 4.69) is 16.6 Å². The molecule has 1 aromatic carbocycles. The number of nitrogens with one attached hydrogen (secondary N) is 1. The van der Waals surface area contributed by atoms with Gasteiger partial charge in [-0.2, -0.15) is 0 Å². The second-order valence-corrected chi connectivity index (χ2v) is 5.46. The van der Waals surface area contributed by atoms with Gasteiger partial charge >= 0.3 is 0 Å². The third kappa shape index (κ3) is 4.35. The van der Waals surface area contributed by atoms with Crippen molar-refractivity contribution in [2.24, 2.45) is 5.73 Å². The van der Waals surface area contributed by atoms with E-state index in [9.17, 15) is 12.8 Å². The highest BCUT2D eigenvalue weighted by atomic mass is 32.2. The van der Waals surface area contributed by atoms with Gasteiger partial charge in [-0.05, 0) is 24.6 Å². The Morgan fingerprint density at radius 2 is 2.17 bits per heavy atom. The molecule has 3 N–H and O–H groups in total. The van der Waals surface area contributed by atoms with Gasteiger partial charge in [-0.15, -0.1) is 0 Å². The lowest BCUT2D eigenvalue weighted by Crippen LogP contribution is -2.16. The maximum atomic E-state index is 13.6. The van der Waals surface area contributed by atoms with Gasteiger partial charge < -0.3 is 5.73 Å². The van der Waals surface area contributed by atoms with Crippen LogP contribution in [0.4, 0.5) is 10.1 Å². The van der Waals surface area contributed by atoms with E-state index < -0.39 is 15.8 Å². The first kappa shape index (κ1) is 14.5. The maximum absolute atomic E-state index is 13.6. The summed E-state index contributed by atoms with van der Waals surface area (Å²) >= 11 is 0. The molecule has 4 nitrogen and oxygen atoms in total. The van der Waals surface area contributed by atoms with Gasteiger partial charge in [-0.25, -0.2) is 12.8 Å². The molecule has 98 valence electrons. The number of benzene rings is 1. The molecule has 0 aliphatic rings. The summed E-state index contributed by atoms with van der Waals surface area (Å²) in [5, 5.41) is 0. The van der Waals surface area contributed by atoms with Crippen LogP contribution in [-0.2, 0) is 10.0 Å². The van der Waals surface area contributed by atoms with Crippen LogP contribution in [0.3, 0.4) is 0 Å². The monoisotopic (exact) mass is 270 g/mol. The maximum Gasteiger partial charge on any atom is 0.232 e. The Kier molecular flexibility index (Phi) is 5.13. The molecule has 0 saturated heterocycles. The first-order chi connectivity index (χ1) is 8.48. The SMILES string of the molecule is CCCS(=O)(=O)Nc1ccc(C#CCN)c(F)c1. The second-order valence-electron chi connectivity index (χ2n) is 3.62. The largest absolute Gasteiger partial charge is 0.320 e. The van der Waals surface area contributed by atoms with Crippen molar-refractivity contribution in [2.75, 3.05) is 17.0 Å². The zero-order valence-electron chi connectivity index (χ0n) is 10.0. The average Bonchev–Trinajstić information content (AvgIpc) is 2.27. The molecular formula is C12H15FN2O2S. The smallest absolute Gasteiger partial charge is 0.232 e. The van der Waals surface area contributed by atoms with E-state index in [0.717, 1.165) is 6.07 Å². The fourth-order valence-electron chi connectivity index (χ4n) is 1.33. The van der Waals surface area contributed by atoms with E-state index in [-0.39, 0.29) is 23.5 Å². The van der Waals surface area contributed by atoms with E-state index in [4.69, 9.17) is 5.73 Å². The molecule has 0 aliphatic heterocycles. The van der Waals surface area contributed by atoms with Gasteiger partial charge in [0.2, 0.25) is 10.0 Å². The Balaban J connectivity index is 2.92. The summed E-state index contributed by atoms with van der Waals surface area (Å²) in [6.07, 6.45) is 0.498. The van der Waals surface area contributed by atoms with Crippen LogP contribution in [0.5, 0.6) is 0 Å². The Hall–Kier alpha value is -1.58. The van der Waals surface area contributed by atoms with Crippen molar-refractivity contribution < 1.29 is 12.8 Å². The molecule has 6 heteroatoms. The highest BCUT2D eigenvalue weighted by Gasteiger charge is 2.10. The first-order valence-electron chi connectivity index (χ1n) is 5.47. The molecule has 0 fully saturated rings. The van der Waals surface area contributed by atoms with Crippen molar-refractivity contribution in [3.8, 4) is 11.8 Å². The van der Waals surface area contributed by atoms with E-state index in [0.29, 0.717) is 6.42 Å². The zero-order valence-corrected chi connectivity index (χ0v) is 10.8. The molecule has 0 spiro atoms. The van der Waals surface area contributed by atoms with Gasteiger partial charge in [0.15, 0.2) is 0 Å². The van der Waals surface area contributed by atoms with Crippen LogP contribution in [0.25, 0.3) is 0 Å². The molecule has 0 aromatic heterocycles. The van der Waals surface area contributed by atoms with Crippen LogP contribution < -0.4 is 10.5 Å². The van der Waals surface area contributed by atoms with E-state index in [1.807, 2.05) is 0 Å². The number of halogens is 1. The summed E-state index contributed by atoms with van der Waals surface area (Å²) in [5.74, 6) is 4.52. The lowest BCUT2D eigenvalue weighted by molar-refractivity contribution is 0.599. The van der Waals surface area contributed by atoms with Crippen LogP contribution in [0.1, 0.15) is 18.9 Å². The van der Waals surface area contributed by atoms with Crippen LogP contribution in [0.2, 0.25) is 0 Å². The van der Waals surface area contributed by atoms with Crippen molar-refractivity contribution in [2.45, 2.75) is 13.3 Å². The van der Waals surface area contributed by atoms with Gasteiger partial charge in [-0.3, -0.25) is 4.72 Å². The molecule has 0 heterocycles. The third-order valence-corrected chi connectivity index (χ3v) is 3.53. The van der Waals surface area contributed by atoms with Crippen LogP contribution in [0, 0.1) is 17.7 Å². The molecule has 0 unspecified atom stereocenters. The summed E-state index contributed by atoms with van der Waals surface area (Å²) in [6, 6.07) is 3.99. The third-order valence-electron chi connectivity index (χ3n) is 2.04. The molecule has 0 radical (unpaired) electrons. The minimum atomic E-state index is -3.40. The number of sulfonamides is 1. The average molecular weight is 270 g/mol. The van der Waals surface area contributed by atoms with E-state index >= 15 is 0 Å². The number of hydrogen-bond donors (Lipinski definition) is 2. The van der Waals surface area contributed by atoms with Crippen LogP contribution >= 0.6 is 0 Å². The number of nitrogens with two attached hydrogens (primary N) is 1. The Labute approximate surface area is 106 Å². The van der Waals surface area contributed by atoms with E-state index in [1.165, 1.54) is 12.1 Å². The molecule has 18 heavy (non-hydrogen) atoms. The molecule has 0 atom stereocenters. The van der Waals surface area contributed by atoms with E-state index in [1.54, 1.807) is 6.92 Å². The molecule has 1 aromatic rings. The Morgan fingerprint density at radius 3 is 2.72 bits per heavy atom. The Morgan fingerprint density at radius 1 is 1.44 bits per heavy atom. The van der Waals surface area contributed by atoms with Gasteiger partial charge in [0.25, 0.3) is 0 Å². The van der Waals surface area contributed by atoms with Gasteiger partial charge in [0, 0.05) is 0 Å². The van der Waals surface area contributed by atoms with Crippen LogP contribution in [0.15, 0.2) is 18.2 Å². The molecule has 0 saturated carbocycles. The molecule has 0 aliphatic carbocycles. The molecular weight excluding hydrogens is 255 g/mol. The fourth-order valence-corrected chi connectivity index (χ4v) is 2.45. The second kappa shape index (κ2) is 6.38. The van der Waals surface area contributed by atoms with Crippen molar-refractivity contribution in [1.29, 1.82) is 0 Å². The Bertz CT molecular complexity index is 573. The molecule has 0 amide bonds. The minimum absolute atomic E-state index is 0.00332. The van der Waals surface area contributed by atoms with Gasteiger partial charge in [-0.1, -0.05) is 18.8 Å². The molecule has 0 bridgehead atoms. The van der Waals surface area contributed by atoms with Crippen molar-refractivity contribution in [3.63, 3.8) is 0 Å². The topological polar surface area (TPSA) is 72.2 Å². The van der Waals surface area contributed by atoms with Crippen LogP contribution in [-0.4, -0.2) is 20.7 Å². The number of rotatable bonds is 4. The van der Waals surface area contributed by atoms with Crippen molar-refractivity contribution in [1.82, 2.24) is 0 Å². The molecule has 1 rings (SSSR count). The lowest BCUT2D eigenvalue weighted by atomic mass is 10.2. The minimum Gasteiger partial charge on any atom is -0.320 e. The van der Waals surface area contributed by atoms with Crippen molar-refractivity contribution in [3.05, 3.63) is 29.6 Å². The lowest BCUT2D eigenvalue weighted by Gasteiger charge is -2.07. The summed E-state index contributed by atoms with van der Waals surface area (Å²) in [6.45, 7) is 1.90. The van der Waals surface area contributed by atoms with Gasteiger partial charge in [0.05, 0.1) is 23.5 Å².